The SMILES string of the molecule is Cc1cc([N+](=O)[O-])ccc1NCc1cc(C#N)n(C)c1C. The van der Waals surface area contributed by atoms with E-state index in [-0.39, 0.29) is 5.69 Å². The fraction of sp³-hybridized carbons (Fsp3) is 0.267. The molecular formula is C15H16N4O2. The summed E-state index contributed by atoms with van der Waals surface area (Å²) in [5.74, 6) is 0. The van der Waals surface area contributed by atoms with Gasteiger partial charge in [-0.25, -0.2) is 0 Å². The third-order valence-corrected chi connectivity index (χ3v) is 3.64. The van der Waals surface area contributed by atoms with E-state index in [0.717, 1.165) is 22.5 Å². The molecule has 21 heavy (non-hydrogen) atoms. The number of aryl methyl sites for hydroxylation is 1. The van der Waals surface area contributed by atoms with Crippen LogP contribution >= 0.6 is 0 Å². The van der Waals surface area contributed by atoms with Gasteiger partial charge in [0.1, 0.15) is 11.8 Å². The molecule has 0 atom stereocenters. The van der Waals surface area contributed by atoms with Crippen molar-refractivity contribution in [3.05, 3.63) is 56.9 Å². The Morgan fingerprint density at radius 2 is 2.10 bits per heavy atom. The molecule has 0 saturated carbocycles. The molecule has 0 radical (unpaired) electrons. The van der Waals surface area contributed by atoms with Gasteiger partial charge in [0, 0.05) is 37.1 Å². The van der Waals surface area contributed by atoms with Crippen molar-refractivity contribution in [3.8, 4) is 6.07 Å². The largest absolute Gasteiger partial charge is 0.381 e. The summed E-state index contributed by atoms with van der Waals surface area (Å²) in [5, 5.41) is 23.0. The Balaban J connectivity index is 2.17. The van der Waals surface area contributed by atoms with Gasteiger partial charge in [-0.15, -0.1) is 0 Å². The number of nitro benzene ring substituents is 1. The molecule has 2 aromatic rings. The van der Waals surface area contributed by atoms with Crippen molar-refractivity contribution in [3.63, 3.8) is 0 Å². The number of nitriles is 1. The highest BCUT2D eigenvalue weighted by atomic mass is 16.6. The van der Waals surface area contributed by atoms with Crippen LogP contribution in [0.25, 0.3) is 0 Å². The van der Waals surface area contributed by atoms with Crippen molar-refractivity contribution in [1.29, 1.82) is 5.26 Å². The van der Waals surface area contributed by atoms with Gasteiger partial charge in [0.2, 0.25) is 0 Å². The minimum absolute atomic E-state index is 0.0840. The Bertz CT molecular complexity index is 741. The minimum atomic E-state index is -0.405. The first-order valence-electron chi connectivity index (χ1n) is 6.48. The molecule has 0 aliphatic rings. The third kappa shape index (κ3) is 2.87. The number of hydrogen-bond donors (Lipinski definition) is 1. The molecule has 1 heterocycles. The lowest BCUT2D eigenvalue weighted by atomic mass is 10.1. The van der Waals surface area contributed by atoms with Gasteiger partial charge in [0.05, 0.1) is 4.92 Å². The molecule has 0 unspecified atom stereocenters. The number of nitrogens with one attached hydrogen (secondary N) is 1. The van der Waals surface area contributed by atoms with Gasteiger partial charge in [-0.3, -0.25) is 10.1 Å². The van der Waals surface area contributed by atoms with E-state index in [1.807, 2.05) is 31.5 Å². The van der Waals surface area contributed by atoms with E-state index < -0.39 is 4.92 Å². The van der Waals surface area contributed by atoms with Gasteiger partial charge in [-0.2, -0.15) is 5.26 Å². The summed E-state index contributed by atoms with van der Waals surface area (Å²) in [6, 6.07) is 8.72. The summed E-state index contributed by atoms with van der Waals surface area (Å²) in [6.07, 6.45) is 0. The molecule has 0 fully saturated rings. The Morgan fingerprint density at radius 3 is 2.62 bits per heavy atom. The molecule has 0 amide bonds. The van der Waals surface area contributed by atoms with Crippen LogP contribution < -0.4 is 5.32 Å². The molecule has 1 N–H and O–H groups in total. The highest BCUT2D eigenvalue weighted by molar-refractivity contribution is 5.55. The van der Waals surface area contributed by atoms with E-state index in [0.29, 0.717) is 12.2 Å². The second-order valence-corrected chi connectivity index (χ2v) is 4.92. The molecule has 0 bridgehead atoms. The van der Waals surface area contributed by atoms with E-state index in [1.165, 1.54) is 6.07 Å². The Kier molecular flexibility index (Phi) is 3.94. The van der Waals surface area contributed by atoms with Crippen molar-refractivity contribution in [2.24, 2.45) is 7.05 Å². The van der Waals surface area contributed by atoms with E-state index >= 15 is 0 Å². The molecule has 6 heteroatoms. The maximum atomic E-state index is 10.7. The topological polar surface area (TPSA) is 83.9 Å². The molecule has 6 nitrogen and oxygen atoms in total. The van der Waals surface area contributed by atoms with Crippen molar-refractivity contribution in [2.75, 3.05) is 5.32 Å². The fourth-order valence-electron chi connectivity index (χ4n) is 2.20. The first-order valence-corrected chi connectivity index (χ1v) is 6.48. The molecule has 0 saturated heterocycles. The zero-order valence-corrected chi connectivity index (χ0v) is 12.2. The summed E-state index contributed by atoms with van der Waals surface area (Å²) in [4.78, 5) is 10.3. The first-order chi connectivity index (χ1) is 9.93. The number of nitro groups is 1. The molecule has 1 aromatic heterocycles. The van der Waals surface area contributed by atoms with E-state index in [1.54, 1.807) is 12.1 Å². The molecular weight excluding hydrogens is 268 g/mol. The number of benzene rings is 1. The molecule has 0 aliphatic carbocycles. The number of non-ortho nitro benzene ring substituents is 1. The predicted molar refractivity (Wildman–Crippen MR) is 80.0 cm³/mol. The lowest BCUT2D eigenvalue weighted by Gasteiger charge is -2.09. The van der Waals surface area contributed by atoms with Gasteiger partial charge in [0.15, 0.2) is 0 Å². The van der Waals surface area contributed by atoms with Crippen molar-refractivity contribution in [1.82, 2.24) is 4.57 Å². The second kappa shape index (κ2) is 5.67. The van der Waals surface area contributed by atoms with Gasteiger partial charge in [0.25, 0.3) is 5.69 Å². The van der Waals surface area contributed by atoms with Gasteiger partial charge in [-0.1, -0.05) is 0 Å². The van der Waals surface area contributed by atoms with Crippen LogP contribution in [-0.2, 0) is 13.6 Å². The van der Waals surface area contributed by atoms with Gasteiger partial charge < -0.3 is 9.88 Å². The van der Waals surface area contributed by atoms with Crippen molar-refractivity contribution < 1.29 is 4.92 Å². The van der Waals surface area contributed by atoms with Crippen LogP contribution in [0.2, 0.25) is 0 Å². The average Bonchev–Trinajstić information content (AvgIpc) is 2.73. The Labute approximate surface area is 122 Å². The Morgan fingerprint density at radius 1 is 1.38 bits per heavy atom. The van der Waals surface area contributed by atoms with Crippen LogP contribution in [0.3, 0.4) is 0 Å². The summed E-state index contributed by atoms with van der Waals surface area (Å²) in [5.41, 5.74) is 4.43. The van der Waals surface area contributed by atoms with Crippen LogP contribution in [-0.4, -0.2) is 9.49 Å². The maximum Gasteiger partial charge on any atom is 0.269 e. The summed E-state index contributed by atoms with van der Waals surface area (Å²) in [6.45, 7) is 4.36. The zero-order chi connectivity index (χ0) is 15.6. The fourth-order valence-corrected chi connectivity index (χ4v) is 2.20. The van der Waals surface area contributed by atoms with Crippen LogP contribution in [0.5, 0.6) is 0 Å². The van der Waals surface area contributed by atoms with Crippen molar-refractivity contribution >= 4 is 11.4 Å². The van der Waals surface area contributed by atoms with Gasteiger partial charge in [-0.05, 0) is 37.1 Å². The van der Waals surface area contributed by atoms with E-state index in [4.69, 9.17) is 5.26 Å². The second-order valence-electron chi connectivity index (χ2n) is 4.92. The molecule has 1 aromatic carbocycles. The number of anilines is 1. The lowest BCUT2D eigenvalue weighted by Crippen LogP contribution is -2.03. The average molecular weight is 284 g/mol. The number of nitrogens with zero attached hydrogens (tertiary/aromatic N) is 3. The van der Waals surface area contributed by atoms with Crippen molar-refractivity contribution in [2.45, 2.75) is 20.4 Å². The standard InChI is InChI=1S/C15H16N4O2/c1-10-6-13(19(20)21)4-5-15(10)17-9-12-7-14(8-16)18(3)11(12)2/h4-7,17H,9H2,1-3H3. The summed E-state index contributed by atoms with van der Waals surface area (Å²) >= 11 is 0. The zero-order valence-electron chi connectivity index (χ0n) is 12.2. The summed E-state index contributed by atoms with van der Waals surface area (Å²) in [7, 11) is 1.86. The van der Waals surface area contributed by atoms with E-state index in [9.17, 15) is 10.1 Å². The maximum absolute atomic E-state index is 10.7. The summed E-state index contributed by atoms with van der Waals surface area (Å²) < 4.78 is 1.85. The number of rotatable bonds is 4. The quantitative estimate of drug-likeness (QED) is 0.691. The predicted octanol–water partition coefficient (Wildman–Crippen LogP) is 3.03. The normalized spacial score (nSPS) is 10.2. The molecule has 0 spiro atoms. The third-order valence-electron chi connectivity index (χ3n) is 3.64. The van der Waals surface area contributed by atoms with E-state index in [2.05, 4.69) is 11.4 Å². The minimum Gasteiger partial charge on any atom is -0.381 e. The first kappa shape index (κ1) is 14.6. The molecule has 2 rings (SSSR count). The van der Waals surface area contributed by atoms with Gasteiger partial charge >= 0.3 is 0 Å². The monoisotopic (exact) mass is 284 g/mol. The number of hydrogen-bond acceptors (Lipinski definition) is 4. The van der Waals surface area contributed by atoms with Crippen LogP contribution in [0.1, 0.15) is 22.5 Å². The van der Waals surface area contributed by atoms with Crippen LogP contribution in [0, 0.1) is 35.3 Å². The Hall–Kier alpha value is -2.81. The van der Waals surface area contributed by atoms with Crippen LogP contribution in [0.15, 0.2) is 24.3 Å². The highest BCUT2D eigenvalue weighted by Crippen LogP contribution is 2.22. The molecule has 0 aliphatic heterocycles. The lowest BCUT2D eigenvalue weighted by molar-refractivity contribution is -0.384. The number of aromatic nitrogens is 1. The van der Waals surface area contributed by atoms with Crippen LogP contribution in [0.4, 0.5) is 11.4 Å². The molecule has 108 valence electrons. The highest BCUT2D eigenvalue weighted by Gasteiger charge is 2.10. The smallest absolute Gasteiger partial charge is 0.269 e.